The zero-order valence-electron chi connectivity index (χ0n) is 15.6. The highest BCUT2D eigenvalue weighted by Crippen LogP contribution is 2.23. The molecule has 1 aromatic carbocycles. The molecule has 4 aromatic heterocycles. The van der Waals surface area contributed by atoms with Gasteiger partial charge in [-0.1, -0.05) is 16.0 Å². The van der Waals surface area contributed by atoms with Crippen LogP contribution in [0, 0.1) is 12.7 Å². The summed E-state index contributed by atoms with van der Waals surface area (Å²) in [5.74, 6) is 0.807. The molecule has 0 radical (unpaired) electrons. The van der Waals surface area contributed by atoms with Gasteiger partial charge in [0.05, 0.1) is 0 Å². The molecule has 0 aliphatic rings. The van der Waals surface area contributed by atoms with Crippen molar-refractivity contribution in [1.29, 1.82) is 0 Å². The van der Waals surface area contributed by atoms with Gasteiger partial charge in [-0.25, -0.2) is 9.49 Å². The molecule has 144 valence electrons. The third-order valence-electron chi connectivity index (χ3n) is 4.86. The van der Waals surface area contributed by atoms with Gasteiger partial charge < -0.3 is 4.57 Å². The van der Waals surface area contributed by atoms with Crippen LogP contribution in [-0.2, 0) is 13.0 Å². The first-order valence-corrected chi connectivity index (χ1v) is 10.1. The van der Waals surface area contributed by atoms with Crippen LogP contribution in [0.15, 0.2) is 58.8 Å². The largest absolute Gasteiger partial charge is 0.458 e. The summed E-state index contributed by atoms with van der Waals surface area (Å²) in [4.78, 5) is 23.6. The molecule has 0 bridgehead atoms. The number of aromatic nitrogens is 5. The Morgan fingerprint density at radius 1 is 1.17 bits per heavy atom. The zero-order valence-corrected chi connectivity index (χ0v) is 16.4. The molecule has 0 fully saturated rings. The lowest BCUT2D eigenvalue weighted by Crippen LogP contribution is -2.32. The van der Waals surface area contributed by atoms with Crippen molar-refractivity contribution < 1.29 is 8.91 Å². The van der Waals surface area contributed by atoms with Crippen LogP contribution >= 0.6 is 11.3 Å². The molecule has 8 heteroatoms. The number of aromatic amines is 1. The smallest absolute Gasteiger partial charge is 0.314 e. The molecule has 0 saturated carbocycles. The van der Waals surface area contributed by atoms with Gasteiger partial charge >= 0.3 is 5.78 Å². The molecule has 0 amide bonds. The van der Waals surface area contributed by atoms with E-state index < -0.39 is 0 Å². The summed E-state index contributed by atoms with van der Waals surface area (Å²) >= 11 is 1.68. The summed E-state index contributed by atoms with van der Waals surface area (Å²) in [6.07, 6.45) is 2.55. The Balaban J connectivity index is 1.76. The first kappa shape index (κ1) is 17.7. The van der Waals surface area contributed by atoms with E-state index in [1.165, 1.54) is 17.0 Å². The van der Waals surface area contributed by atoms with E-state index in [2.05, 4.69) is 21.1 Å². The number of thiophene rings is 1. The molecule has 29 heavy (non-hydrogen) atoms. The predicted molar refractivity (Wildman–Crippen MR) is 109 cm³/mol. The number of benzene rings is 1. The highest BCUT2D eigenvalue weighted by atomic mass is 32.1. The summed E-state index contributed by atoms with van der Waals surface area (Å²) in [6, 6.07) is 12.0. The molecule has 0 atom stereocenters. The second-order valence-electron chi connectivity index (χ2n) is 6.82. The number of fused-ring (bicyclic) bond motifs is 2. The standard InChI is InChI=1S/C21H16FN5OS/c1-13-23-21-24-17-9-11-26(10-8-16-3-2-12-29-16)20(28)18(17)19(27(21)25-13)14-4-6-15(22)7-5-14/h2-7,9,11-12H,8,10H2,1H3/p+1. The van der Waals surface area contributed by atoms with Gasteiger partial charge in [0.25, 0.3) is 5.56 Å². The van der Waals surface area contributed by atoms with Gasteiger partial charge in [0, 0.05) is 30.1 Å². The van der Waals surface area contributed by atoms with Gasteiger partial charge in [-0.3, -0.25) is 4.79 Å². The van der Waals surface area contributed by atoms with Crippen molar-refractivity contribution in [3.8, 4) is 11.3 Å². The number of nitrogens with one attached hydrogen (secondary N) is 1. The first-order chi connectivity index (χ1) is 14.1. The molecule has 0 aliphatic heterocycles. The predicted octanol–water partition coefficient (Wildman–Crippen LogP) is 3.28. The van der Waals surface area contributed by atoms with Gasteiger partial charge in [0.2, 0.25) is 5.82 Å². The van der Waals surface area contributed by atoms with Crippen molar-refractivity contribution in [3.63, 3.8) is 0 Å². The zero-order chi connectivity index (χ0) is 20.0. The Morgan fingerprint density at radius 3 is 2.76 bits per heavy atom. The number of nitrogens with zero attached hydrogens (tertiary/aromatic N) is 4. The number of hydrogen-bond donors (Lipinski definition) is 1. The highest BCUT2D eigenvalue weighted by molar-refractivity contribution is 7.09. The molecule has 0 spiro atoms. The third-order valence-corrected chi connectivity index (χ3v) is 5.80. The molecular weight excluding hydrogens is 389 g/mol. The molecule has 0 saturated heterocycles. The maximum Gasteiger partial charge on any atom is 0.458 e. The quantitative estimate of drug-likeness (QED) is 0.466. The molecular formula is C21H17FN5OS+. The summed E-state index contributed by atoms with van der Waals surface area (Å²) in [6.45, 7) is 2.40. The summed E-state index contributed by atoms with van der Waals surface area (Å²) < 4.78 is 16.9. The second kappa shape index (κ2) is 6.89. The van der Waals surface area contributed by atoms with Crippen molar-refractivity contribution in [2.75, 3.05) is 0 Å². The number of pyridine rings is 1. The van der Waals surface area contributed by atoms with E-state index in [1.807, 2.05) is 24.4 Å². The van der Waals surface area contributed by atoms with E-state index in [0.717, 1.165) is 6.42 Å². The van der Waals surface area contributed by atoms with Crippen LogP contribution in [0.25, 0.3) is 27.9 Å². The van der Waals surface area contributed by atoms with Gasteiger partial charge in [-0.2, -0.15) is 0 Å². The molecule has 5 aromatic rings. The first-order valence-electron chi connectivity index (χ1n) is 9.20. The van der Waals surface area contributed by atoms with Gasteiger partial charge in [-0.05, 0) is 48.2 Å². The minimum atomic E-state index is -0.331. The highest BCUT2D eigenvalue weighted by Gasteiger charge is 2.24. The van der Waals surface area contributed by atoms with Crippen LogP contribution in [0.2, 0.25) is 0 Å². The van der Waals surface area contributed by atoms with E-state index in [9.17, 15) is 9.18 Å². The monoisotopic (exact) mass is 406 g/mol. The van der Waals surface area contributed by atoms with Gasteiger partial charge in [0.15, 0.2) is 11.2 Å². The van der Waals surface area contributed by atoms with Crippen LogP contribution in [-0.4, -0.2) is 19.6 Å². The average molecular weight is 406 g/mol. The lowest BCUT2D eigenvalue weighted by atomic mass is 10.1. The van der Waals surface area contributed by atoms with Gasteiger partial charge in [-0.15, -0.1) is 15.9 Å². The number of rotatable bonds is 4. The SMILES string of the molecule is Cc1nc2nc3ccn(CCc4cccs4)c(=O)c3c(-c3ccc(F)cc3)[n+]2[nH]1. The van der Waals surface area contributed by atoms with Crippen molar-refractivity contribution in [3.05, 3.63) is 80.9 Å². The molecule has 6 nitrogen and oxygen atoms in total. The van der Waals surface area contributed by atoms with Crippen LogP contribution in [0.5, 0.6) is 0 Å². The molecule has 1 N–H and O–H groups in total. The minimum absolute atomic E-state index is 0.132. The van der Waals surface area contributed by atoms with Crippen molar-refractivity contribution >= 4 is 28.0 Å². The van der Waals surface area contributed by atoms with E-state index in [-0.39, 0.29) is 11.4 Å². The lowest BCUT2D eigenvalue weighted by molar-refractivity contribution is -0.567. The maximum absolute atomic E-state index is 13.5. The number of H-pyrrole nitrogens is 1. The van der Waals surface area contributed by atoms with E-state index in [4.69, 9.17) is 0 Å². The van der Waals surface area contributed by atoms with Crippen molar-refractivity contribution in [2.45, 2.75) is 19.9 Å². The topological polar surface area (TPSA) is 67.7 Å². The summed E-state index contributed by atoms with van der Waals surface area (Å²) in [7, 11) is 0. The summed E-state index contributed by atoms with van der Waals surface area (Å²) in [5.41, 5.74) is 1.77. The fourth-order valence-electron chi connectivity index (χ4n) is 3.51. The Morgan fingerprint density at radius 2 is 2.00 bits per heavy atom. The fourth-order valence-corrected chi connectivity index (χ4v) is 4.21. The number of aryl methyl sites for hydroxylation is 3. The number of halogens is 1. The minimum Gasteiger partial charge on any atom is -0.314 e. The lowest BCUT2D eigenvalue weighted by Gasteiger charge is -2.08. The van der Waals surface area contributed by atoms with Gasteiger partial charge in [0.1, 0.15) is 11.2 Å². The van der Waals surface area contributed by atoms with Crippen molar-refractivity contribution in [1.82, 2.24) is 19.6 Å². The van der Waals surface area contributed by atoms with Crippen LogP contribution in [0.1, 0.15) is 10.7 Å². The summed E-state index contributed by atoms with van der Waals surface area (Å²) in [5, 5.41) is 5.65. The van der Waals surface area contributed by atoms with E-state index in [0.29, 0.717) is 40.3 Å². The van der Waals surface area contributed by atoms with Crippen LogP contribution < -0.4 is 10.1 Å². The average Bonchev–Trinajstić information content (AvgIpc) is 3.35. The fraction of sp³-hybridized carbons (Fsp3) is 0.143. The Kier molecular flexibility index (Phi) is 4.21. The second-order valence-corrected chi connectivity index (χ2v) is 7.85. The van der Waals surface area contributed by atoms with E-state index in [1.54, 1.807) is 38.7 Å². The Bertz CT molecular complexity index is 1390. The van der Waals surface area contributed by atoms with E-state index >= 15 is 0 Å². The number of hydrogen-bond acceptors (Lipinski definition) is 4. The molecule has 4 heterocycles. The molecule has 5 rings (SSSR count). The normalized spacial score (nSPS) is 11.5. The van der Waals surface area contributed by atoms with Crippen LogP contribution in [0.4, 0.5) is 4.39 Å². The Labute approximate surface area is 168 Å². The maximum atomic E-state index is 13.5. The molecule has 0 aliphatic carbocycles. The van der Waals surface area contributed by atoms with Crippen molar-refractivity contribution in [2.24, 2.45) is 0 Å². The Hall–Kier alpha value is -3.39. The third kappa shape index (κ3) is 3.11. The molecule has 0 unspecified atom stereocenters. The van der Waals surface area contributed by atoms with Crippen LogP contribution in [0.3, 0.4) is 0 Å².